The highest BCUT2D eigenvalue weighted by molar-refractivity contribution is 5.30. The molecule has 1 atom stereocenters. The van der Waals surface area contributed by atoms with Crippen molar-refractivity contribution in [3.63, 3.8) is 0 Å². The Hall–Kier alpha value is -1.14. The molecule has 2 nitrogen and oxygen atoms in total. The van der Waals surface area contributed by atoms with Gasteiger partial charge in [0, 0.05) is 32.2 Å². The van der Waals surface area contributed by atoms with Crippen LogP contribution in [0.3, 0.4) is 0 Å². The van der Waals surface area contributed by atoms with Gasteiger partial charge in [0.2, 0.25) is 0 Å². The van der Waals surface area contributed by atoms with Gasteiger partial charge in [0.15, 0.2) is 0 Å². The van der Waals surface area contributed by atoms with Gasteiger partial charge in [0.05, 0.1) is 5.56 Å². The van der Waals surface area contributed by atoms with Crippen LogP contribution in [-0.2, 0) is 6.18 Å². The molecule has 0 amide bonds. The maximum atomic E-state index is 13.7. The lowest BCUT2D eigenvalue weighted by Crippen LogP contribution is -2.47. The van der Waals surface area contributed by atoms with E-state index in [1.165, 1.54) is 6.42 Å². The first-order valence-electron chi connectivity index (χ1n) is 8.78. The lowest BCUT2D eigenvalue weighted by atomic mass is 9.80. The van der Waals surface area contributed by atoms with Gasteiger partial charge in [0.1, 0.15) is 5.82 Å². The van der Waals surface area contributed by atoms with Crippen LogP contribution < -0.4 is 5.32 Å². The SMILES string of the molecule is Fc1ccc([C@@H](C2CCCCC2)N2CCNCC2)cc1C(F)(F)F. The van der Waals surface area contributed by atoms with Crippen molar-refractivity contribution in [3.8, 4) is 0 Å². The van der Waals surface area contributed by atoms with Crippen molar-refractivity contribution in [1.29, 1.82) is 0 Å². The predicted molar refractivity (Wildman–Crippen MR) is 85.2 cm³/mol. The van der Waals surface area contributed by atoms with E-state index in [4.69, 9.17) is 0 Å². The summed E-state index contributed by atoms with van der Waals surface area (Å²) in [5, 5.41) is 3.29. The predicted octanol–water partition coefficient (Wildman–Crippen LogP) is 4.37. The summed E-state index contributed by atoms with van der Waals surface area (Å²) in [5.41, 5.74) is -0.534. The van der Waals surface area contributed by atoms with E-state index in [1.54, 1.807) is 6.07 Å². The number of halogens is 4. The highest BCUT2D eigenvalue weighted by Crippen LogP contribution is 2.40. The van der Waals surface area contributed by atoms with Crippen molar-refractivity contribution in [1.82, 2.24) is 10.2 Å². The number of nitrogens with one attached hydrogen (secondary N) is 1. The molecule has 1 saturated heterocycles. The van der Waals surface area contributed by atoms with Crippen molar-refractivity contribution >= 4 is 0 Å². The summed E-state index contributed by atoms with van der Waals surface area (Å²) < 4.78 is 53.0. The van der Waals surface area contributed by atoms with Crippen LogP contribution in [0.15, 0.2) is 18.2 Å². The molecule has 0 radical (unpaired) electrons. The van der Waals surface area contributed by atoms with Crippen LogP contribution in [0.1, 0.15) is 49.3 Å². The number of benzene rings is 1. The Morgan fingerprint density at radius 2 is 1.71 bits per heavy atom. The molecule has 2 aliphatic rings. The van der Waals surface area contributed by atoms with Crippen LogP contribution in [0.4, 0.5) is 17.6 Å². The Balaban J connectivity index is 1.95. The Labute approximate surface area is 140 Å². The van der Waals surface area contributed by atoms with E-state index in [0.29, 0.717) is 11.5 Å². The fraction of sp³-hybridized carbons (Fsp3) is 0.667. The zero-order chi connectivity index (χ0) is 17.2. The van der Waals surface area contributed by atoms with Crippen LogP contribution in [0.2, 0.25) is 0 Å². The monoisotopic (exact) mass is 344 g/mol. The van der Waals surface area contributed by atoms with E-state index in [-0.39, 0.29) is 6.04 Å². The van der Waals surface area contributed by atoms with Crippen LogP contribution in [-0.4, -0.2) is 31.1 Å². The molecule has 1 heterocycles. The van der Waals surface area contributed by atoms with Crippen LogP contribution in [0.5, 0.6) is 0 Å². The third-order valence-corrected chi connectivity index (χ3v) is 5.28. The normalized spacial score (nSPS) is 22.5. The molecular weight excluding hydrogens is 320 g/mol. The van der Waals surface area contributed by atoms with Gasteiger partial charge in [-0.15, -0.1) is 0 Å². The molecule has 1 saturated carbocycles. The van der Waals surface area contributed by atoms with Gasteiger partial charge in [-0.05, 0) is 36.5 Å². The molecule has 0 bridgehead atoms. The number of rotatable bonds is 3. The Bertz CT molecular complexity index is 528. The Kier molecular flexibility index (Phi) is 5.45. The fourth-order valence-corrected chi connectivity index (χ4v) is 4.14. The first-order chi connectivity index (χ1) is 11.5. The minimum Gasteiger partial charge on any atom is -0.314 e. The van der Waals surface area contributed by atoms with Crippen LogP contribution in [0.25, 0.3) is 0 Å². The summed E-state index contributed by atoms with van der Waals surface area (Å²) in [4.78, 5) is 2.28. The molecule has 2 fully saturated rings. The molecule has 0 spiro atoms. The number of hydrogen-bond acceptors (Lipinski definition) is 2. The zero-order valence-electron chi connectivity index (χ0n) is 13.7. The van der Waals surface area contributed by atoms with E-state index < -0.39 is 17.6 Å². The molecule has 6 heteroatoms. The van der Waals surface area contributed by atoms with Crippen LogP contribution >= 0.6 is 0 Å². The molecule has 3 rings (SSSR count). The number of alkyl halides is 3. The first-order valence-corrected chi connectivity index (χ1v) is 8.78. The summed E-state index contributed by atoms with van der Waals surface area (Å²) in [6.45, 7) is 3.33. The van der Waals surface area contributed by atoms with E-state index in [2.05, 4.69) is 10.2 Å². The molecular formula is C18H24F4N2. The second-order valence-electron chi connectivity index (χ2n) is 6.87. The van der Waals surface area contributed by atoms with E-state index in [0.717, 1.165) is 64.0 Å². The molecule has 1 aromatic rings. The van der Waals surface area contributed by atoms with Crippen molar-refractivity contribution in [2.24, 2.45) is 5.92 Å². The van der Waals surface area contributed by atoms with E-state index in [9.17, 15) is 17.6 Å². The van der Waals surface area contributed by atoms with Crippen molar-refractivity contribution < 1.29 is 17.6 Å². The molecule has 0 unspecified atom stereocenters. The van der Waals surface area contributed by atoms with Crippen LogP contribution in [0, 0.1) is 11.7 Å². The van der Waals surface area contributed by atoms with Crippen molar-refractivity contribution in [3.05, 3.63) is 35.1 Å². The number of piperazine rings is 1. The molecule has 0 aromatic heterocycles. The molecule has 1 aromatic carbocycles. The molecule has 1 aliphatic carbocycles. The first kappa shape index (κ1) is 17.7. The molecule has 134 valence electrons. The largest absolute Gasteiger partial charge is 0.419 e. The van der Waals surface area contributed by atoms with Crippen molar-refractivity contribution in [2.45, 2.75) is 44.3 Å². The zero-order valence-corrected chi connectivity index (χ0v) is 13.7. The lowest BCUT2D eigenvalue weighted by molar-refractivity contribution is -0.140. The maximum Gasteiger partial charge on any atom is 0.419 e. The summed E-state index contributed by atoms with van der Waals surface area (Å²) in [6.07, 6.45) is 0.866. The average molecular weight is 344 g/mol. The lowest BCUT2D eigenvalue weighted by Gasteiger charge is -2.41. The third-order valence-electron chi connectivity index (χ3n) is 5.28. The third kappa shape index (κ3) is 3.91. The average Bonchev–Trinajstić information content (AvgIpc) is 2.57. The summed E-state index contributed by atoms with van der Waals surface area (Å²) in [7, 11) is 0. The summed E-state index contributed by atoms with van der Waals surface area (Å²) in [6, 6.07) is 3.52. The maximum absolute atomic E-state index is 13.7. The molecule has 24 heavy (non-hydrogen) atoms. The van der Waals surface area contributed by atoms with Gasteiger partial charge in [-0.1, -0.05) is 25.3 Å². The second kappa shape index (κ2) is 7.40. The topological polar surface area (TPSA) is 15.3 Å². The van der Waals surface area contributed by atoms with E-state index in [1.807, 2.05) is 0 Å². The minimum absolute atomic E-state index is 0.0471. The summed E-state index contributed by atoms with van der Waals surface area (Å²) >= 11 is 0. The minimum atomic E-state index is -4.65. The fourth-order valence-electron chi connectivity index (χ4n) is 4.14. The highest BCUT2D eigenvalue weighted by atomic mass is 19.4. The molecule has 1 N–H and O–H groups in total. The summed E-state index contributed by atoms with van der Waals surface area (Å²) in [5.74, 6) is -0.836. The van der Waals surface area contributed by atoms with Gasteiger partial charge in [-0.3, -0.25) is 4.90 Å². The number of hydrogen-bond donors (Lipinski definition) is 1. The number of nitrogens with zero attached hydrogens (tertiary/aromatic N) is 1. The highest BCUT2D eigenvalue weighted by Gasteiger charge is 2.37. The van der Waals surface area contributed by atoms with Gasteiger partial charge < -0.3 is 5.32 Å². The van der Waals surface area contributed by atoms with Gasteiger partial charge >= 0.3 is 6.18 Å². The van der Waals surface area contributed by atoms with Gasteiger partial charge in [-0.25, -0.2) is 4.39 Å². The second-order valence-corrected chi connectivity index (χ2v) is 6.87. The standard InChI is InChI=1S/C18H24F4N2/c19-16-7-6-14(12-15(16)18(20,21)22)17(13-4-2-1-3-5-13)24-10-8-23-9-11-24/h6-7,12-13,17,23H,1-5,8-11H2/t17-/m1/s1. The Morgan fingerprint density at radius 1 is 1.04 bits per heavy atom. The quantitative estimate of drug-likeness (QED) is 0.819. The van der Waals surface area contributed by atoms with E-state index >= 15 is 0 Å². The molecule has 1 aliphatic heterocycles. The smallest absolute Gasteiger partial charge is 0.314 e. The van der Waals surface area contributed by atoms with Crippen molar-refractivity contribution in [2.75, 3.05) is 26.2 Å². The Morgan fingerprint density at radius 3 is 2.33 bits per heavy atom. The van der Waals surface area contributed by atoms with Gasteiger partial charge in [-0.2, -0.15) is 13.2 Å². The van der Waals surface area contributed by atoms with Gasteiger partial charge in [0.25, 0.3) is 0 Å².